The summed E-state index contributed by atoms with van der Waals surface area (Å²) in [6.45, 7) is -0.666. The van der Waals surface area contributed by atoms with Crippen LogP contribution in [-0.4, -0.2) is 26.7 Å². The number of hydrogen-bond acceptors (Lipinski definition) is 6. The molecule has 4 rings (SSSR count). The van der Waals surface area contributed by atoms with Crippen molar-refractivity contribution < 1.29 is 36.6 Å². The van der Waals surface area contributed by atoms with E-state index in [9.17, 15) is 22.8 Å². The first-order valence-corrected chi connectivity index (χ1v) is 11.5. The molecule has 0 aliphatic rings. The molecule has 0 aliphatic heterocycles. The first-order chi connectivity index (χ1) is 17.6. The number of ether oxygens (including phenoxy) is 3. The van der Waals surface area contributed by atoms with Gasteiger partial charge in [0.15, 0.2) is 23.9 Å². The largest absolute Gasteiger partial charge is 0.493 e. The SMILES string of the molecule is COc1cc(-c2oc3ccccc3c(=O)c2OCC(=O)Nc2cccc(C(F)(F)F)c2)cc(Br)c1OC. The second kappa shape index (κ2) is 10.6. The molecule has 0 saturated heterocycles. The van der Waals surface area contributed by atoms with Gasteiger partial charge in [0.2, 0.25) is 11.2 Å². The van der Waals surface area contributed by atoms with Gasteiger partial charge in [0.25, 0.3) is 5.91 Å². The van der Waals surface area contributed by atoms with Crippen LogP contribution in [0.1, 0.15) is 5.56 Å². The van der Waals surface area contributed by atoms with Crippen LogP contribution in [0.2, 0.25) is 0 Å². The number of rotatable bonds is 7. The summed E-state index contributed by atoms with van der Waals surface area (Å²) >= 11 is 3.40. The summed E-state index contributed by atoms with van der Waals surface area (Å²) in [4.78, 5) is 25.8. The van der Waals surface area contributed by atoms with E-state index in [1.165, 1.54) is 26.4 Å². The van der Waals surface area contributed by atoms with E-state index < -0.39 is 29.7 Å². The van der Waals surface area contributed by atoms with Gasteiger partial charge in [-0.15, -0.1) is 0 Å². The monoisotopic (exact) mass is 577 g/mol. The second-order valence-corrected chi connectivity index (χ2v) is 8.55. The van der Waals surface area contributed by atoms with Gasteiger partial charge in [-0.3, -0.25) is 9.59 Å². The smallest absolute Gasteiger partial charge is 0.416 e. The number of methoxy groups -OCH3 is 2. The number of nitrogens with one attached hydrogen (secondary N) is 1. The Bertz CT molecular complexity index is 1530. The Morgan fingerprint density at radius 1 is 1.00 bits per heavy atom. The molecule has 0 radical (unpaired) electrons. The molecule has 4 aromatic rings. The molecule has 1 N–H and O–H groups in total. The fourth-order valence-corrected chi connectivity index (χ4v) is 4.21. The first-order valence-electron chi connectivity index (χ1n) is 10.7. The predicted octanol–water partition coefficient (Wildman–Crippen LogP) is 6.28. The van der Waals surface area contributed by atoms with E-state index in [0.717, 1.165) is 12.1 Å². The maximum Gasteiger partial charge on any atom is 0.416 e. The van der Waals surface area contributed by atoms with Crippen LogP contribution in [0.3, 0.4) is 0 Å². The van der Waals surface area contributed by atoms with Gasteiger partial charge in [0.1, 0.15) is 5.58 Å². The highest BCUT2D eigenvalue weighted by Crippen LogP contribution is 2.41. The van der Waals surface area contributed by atoms with E-state index in [1.807, 2.05) is 0 Å². The Balaban J connectivity index is 1.70. The minimum Gasteiger partial charge on any atom is -0.493 e. The topological polar surface area (TPSA) is 87.0 Å². The number of halogens is 4. The Kier molecular flexibility index (Phi) is 7.44. The third-order valence-corrected chi connectivity index (χ3v) is 5.86. The average molecular weight is 578 g/mol. The second-order valence-electron chi connectivity index (χ2n) is 7.69. The van der Waals surface area contributed by atoms with Gasteiger partial charge in [-0.1, -0.05) is 18.2 Å². The number of amides is 1. The molecule has 0 atom stereocenters. The zero-order valence-electron chi connectivity index (χ0n) is 19.4. The van der Waals surface area contributed by atoms with Crippen LogP contribution < -0.4 is 25.0 Å². The lowest BCUT2D eigenvalue weighted by Gasteiger charge is -2.15. The summed E-state index contributed by atoms with van der Waals surface area (Å²) in [6, 6.07) is 13.9. The number of hydrogen-bond donors (Lipinski definition) is 1. The maximum atomic E-state index is 13.3. The Labute approximate surface area is 216 Å². The van der Waals surface area contributed by atoms with E-state index >= 15 is 0 Å². The summed E-state index contributed by atoms with van der Waals surface area (Å²) in [5, 5.41) is 2.56. The molecule has 1 heterocycles. The van der Waals surface area contributed by atoms with Gasteiger partial charge in [0.05, 0.1) is 29.6 Å². The minimum atomic E-state index is -4.57. The molecular weight excluding hydrogens is 559 g/mol. The van der Waals surface area contributed by atoms with Crippen molar-refractivity contribution in [3.05, 3.63) is 80.9 Å². The fourth-order valence-electron chi connectivity index (χ4n) is 3.60. The summed E-state index contributed by atoms with van der Waals surface area (Å²) in [6.07, 6.45) is -4.57. The van der Waals surface area contributed by atoms with Gasteiger partial charge in [-0.25, -0.2) is 0 Å². The van der Waals surface area contributed by atoms with Gasteiger partial charge in [0, 0.05) is 11.3 Å². The molecule has 0 fully saturated rings. The number of para-hydroxylation sites is 1. The first kappa shape index (κ1) is 26.1. The van der Waals surface area contributed by atoms with Crippen molar-refractivity contribution >= 4 is 38.5 Å². The number of carbonyl (C=O) groups excluding carboxylic acids is 1. The Morgan fingerprint density at radius 2 is 1.76 bits per heavy atom. The molecule has 0 saturated carbocycles. The zero-order chi connectivity index (χ0) is 26.7. The molecule has 3 aromatic carbocycles. The minimum absolute atomic E-state index is 0.0252. The lowest BCUT2D eigenvalue weighted by molar-refractivity contribution is -0.137. The van der Waals surface area contributed by atoms with Gasteiger partial charge in [-0.2, -0.15) is 13.2 Å². The highest BCUT2D eigenvalue weighted by Gasteiger charge is 2.30. The van der Waals surface area contributed by atoms with Crippen LogP contribution in [-0.2, 0) is 11.0 Å². The van der Waals surface area contributed by atoms with Crippen molar-refractivity contribution in [2.24, 2.45) is 0 Å². The molecule has 0 bridgehead atoms. The molecule has 0 unspecified atom stereocenters. The lowest BCUT2D eigenvalue weighted by atomic mass is 10.1. The Morgan fingerprint density at radius 3 is 2.46 bits per heavy atom. The van der Waals surface area contributed by atoms with E-state index in [4.69, 9.17) is 18.6 Å². The third-order valence-electron chi connectivity index (χ3n) is 5.27. The Hall–Kier alpha value is -3.99. The van der Waals surface area contributed by atoms with E-state index in [0.29, 0.717) is 21.5 Å². The number of carbonyl (C=O) groups is 1. The van der Waals surface area contributed by atoms with Gasteiger partial charge >= 0.3 is 6.18 Å². The van der Waals surface area contributed by atoms with Crippen molar-refractivity contribution in [2.75, 3.05) is 26.1 Å². The normalized spacial score (nSPS) is 11.3. The highest BCUT2D eigenvalue weighted by atomic mass is 79.9. The summed E-state index contributed by atoms with van der Waals surface area (Å²) in [7, 11) is 2.91. The van der Waals surface area contributed by atoms with E-state index in [-0.39, 0.29) is 28.2 Å². The van der Waals surface area contributed by atoms with Crippen LogP contribution in [0, 0.1) is 0 Å². The third kappa shape index (κ3) is 5.56. The number of fused-ring (bicyclic) bond motifs is 1. The summed E-state index contributed by atoms with van der Waals surface area (Å²) in [5.41, 5.74) is -0.842. The van der Waals surface area contributed by atoms with Crippen LogP contribution >= 0.6 is 15.9 Å². The molecule has 11 heteroatoms. The molecule has 7 nitrogen and oxygen atoms in total. The molecule has 1 amide bonds. The lowest BCUT2D eigenvalue weighted by Crippen LogP contribution is -2.23. The standard InChI is InChI=1S/C26H19BrF3NO6/c1-34-20-11-14(10-18(27)24(20)35-2)23-25(22(33)17-8-3-4-9-19(17)37-23)36-13-21(32)31-16-7-5-6-15(12-16)26(28,29)30/h3-12H,13H2,1-2H3,(H,31,32). The molecule has 0 spiro atoms. The van der Waals surface area contributed by atoms with Crippen molar-refractivity contribution in [2.45, 2.75) is 6.18 Å². The summed E-state index contributed by atoms with van der Waals surface area (Å²) in [5.74, 6) is -0.242. The van der Waals surface area contributed by atoms with Crippen molar-refractivity contribution in [3.63, 3.8) is 0 Å². The highest BCUT2D eigenvalue weighted by molar-refractivity contribution is 9.10. The van der Waals surface area contributed by atoms with Crippen molar-refractivity contribution in [1.82, 2.24) is 0 Å². The van der Waals surface area contributed by atoms with Crippen molar-refractivity contribution in [3.8, 4) is 28.6 Å². The molecule has 0 aliphatic carbocycles. The fraction of sp³-hybridized carbons (Fsp3) is 0.154. The number of benzene rings is 3. The van der Waals surface area contributed by atoms with Crippen molar-refractivity contribution in [1.29, 1.82) is 0 Å². The quantitative estimate of drug-likeness (QED) is 0.278. The van der Waals surface area contributed by atoms with Crippen LogP contribution in [0.15, 0.2) is 74.3 Å². The van der Waals surface area contributed by atoms with E-state index in [1.54, 1.807) is 36.4 Å². The molecule has 192 valence electrons. The molecular formula is C26H19BrF3NO6. The van der Waals surface area contributed by atoms with Crippen LogP contribution in [0.5, 0.6) is 17.2 Å². The maximum absolute atomic E-state index is 13.3. The summed E-state index contributed by atoms with van der Waals surface area (Å²) < 4.78 is 61.7. The van der Waals surface area contributed by atoms with Gasteiger partial charge < -0.3 is 23.9 Å². The van der Waals surface area contributed by atoms with E-state index in [2.05, 4.69) is 21.2 Å². The van der Waals surface area contributed by atoms with Crippen LogP contribution in [0.25, 0.3) is 22.3 Å². The predicted molar refractivity (Wildman–Crippen MR) is 134 cm³/mol. The number of anilines is 1. The average Bonchev–Trinajstić information content (AvgIpc) is 2.87. The molecule has 37 heavy (non-hydrogen) atoms. The molecule has 1 aromatic heterocycles. The number of alkyl halides is 3. The van der Waals surface area contributed by atoms with Crippen LogP contribution in [0.4, 0.5) is 18.9 Å². The zero-order valence-corrected chi connectivity index (χ0v) is 21.0. The van der Waals surface area contributed by atoms with Gasteiger partial charge in [-0.05, 0) is 58.4 Å².